The van der Waals surface area contributed by atoms with Crippen molar-refractivity contribution in [1.82, 2.24) is 14.6 Å². The van der Waals surface area contributed by atoms with Crippen LogP contribution >= 0.6 is 11.3 Å². The second-order valence-electron chi connectivity index (χ2n) is 5.50. The van der Waals surface area contributed by atoms with E-state index < -0.39 is 0 Å². The Bertz CT molecular complexity index is 1110. The molecule has 0 aliphatic heterocycles. The van der Waals surface area contributed by atoms with Crippen molar-refractivity contribution in [2.75, 3.05) is 0 Å². The molecule has 0 saturated heterocycles. The first-order valence-corrected chi connectivity index (χ1v) is 8.56. The number of hydrogen-bond acceptors (Lipinski definition) is 5. The molecular formula is C19H14N4OS. The Morgan fingerprint density at radius 2 is 2.00 bits per heavy atom. The van der Waals surface area contributed by atoms with E-state index in [2.05, 4.69) is 15.1 Å². The first-order valence-electron chi connectivity index (χ1n) is 7.74. The summed E-state index contributed by atoms with van der Waals surface area (Å²) in [6.07, 6.45) is 6.44. The molecule has 3 aromatic heterocycles. The van der Waals surface area contributed by atoms with Crippen LogP contribution in [0.4, 0.5) is 0 Å². The minimum atomic E-state index is -0.173. The second-order valence-corrected chi connectivity index (χ2v) is 6.71. The quantitative estimate of drug-likeness (QED) is 0.531. The van der Waals surface area contributed by atoms with Crippen LogP contribution in [0.2, 0.25) is 0 Å². The summed E-state index contributed by atoms with van der Waals surface area (Å²) in [4.78, 5) is 23.2. The fraction of sp³-hybridized carbons (Fsp3) is 0.0526. The summed E-state index contributed by atoms with van der Waals surface area (Å²) < 4.78 is 1.27. The van der Waals surface area contributed by atoms with Gasteiger partial charge in [-0.15, -0.1) is 11.3 Å². The third-order valence-electron chi connectivity index (χ3n) is 3.85. The molecule has 1 aromatic carbocycles. The molecular weight excluding hydrogens is 332 g/mol. The summed E-state index contributed by atoms with van der Waals surface area (Å²) >= 11 is 1.52. The lowest BCUT2D eigenvalue weighted by molar-refractivity contribution is 0.819. The third-order valence-corrected chi connectivity index (χ3v) is 4.86. The Kier molecular flexibility index (Phi) is 3.95. The molecule has 5 nitrogen and oxygen atoms in total. The Morgan fingerprint density at radius 1 is 1.16 bits per heavy atom. The maximum atomic E-state index is 13.0. The lowest BCUT2D eigenvalue weighted by Crippen LogP contribution is -2.16. The second kappa shape index (κ2) is 6.41. The van der Waals surface area contributed by atoms with Crippen LogP contribution in [0.3, 0.4) is 0 Å². The fourth-order valence-electron chi connectivity index (χ4n) is 2.71. The van der Waals surface area contributed by atoms with E-state index >= 15 is 0 Å². The average molecular weight is 346 g/mol. The number of nitrogens with zero attached hydrogens (tertiary/aromatic N) is 4. The van der Waals surface area contributed by atoms with Crippen molar-refractivity contribution >= 4 is 27.8 Å². The average Bonchev–Trinajstić information content (AvgIpc) is 2.99. The van der Waals surface area contributed by atoms with Crippen molar-refractivity contribution in [3.63, 3.8) is 0 Å². The molecule has 0 spiro atoms. The zero-order valence-electron chi connectivity index (χ0n) is 13.5. The summed E-state index contributed by atoms with van der Waals surface area (Å²) in [5.41, 5.74) is 2.59. The number of pyridine rings is 1. The van der Waals surface area contributed by atoms with E-state index in [1.165, 1.54) is 22.3 Å². The number of rotatable bonds is 3. The van der Waals surface area contributed by atoms with E-state index in [0.717, 1.165) is 26.4 Å². The van der Waals surface area contributed by atoms with Crippen molar-refractivity contribution in [2.45, 2.75) is 6.92 Å². The van der Waals surface area contributed by atoms with Gasteiger partial charge in [0.15, 0.2) is 0 Å². The number of benzene rings is 1. The van der Waals surface area contributed by atoms with Gasteiger partial charge in [-0.3, -0.25) is 9.78 Å². The van der Waals surface area contributed by atoms with Crippen LogP contribution < -0.4 is 5.56 Å². The van der Waals surface area contributed by atoms with Gasteiger partial charge >= 0.3 is 0 Å². The summed E-state index contributed by atoms with van der Waals surface area (Å²) in [6, 6.07) is 13.6. The Hall–Kier alpha value is -3.12. The maximum absolute atomic E-state index is 13.0. The SMILES string of the molecule is Cc1sc2ncn(N=Cc3cccnc3)c(=O)c2c1-c1ccccc1. The normalized spacial score (nSPS) is 11.4. The summed E-state index contributed by atoms with van der Waals surface area (Å²) in [7, 11) is 0. The molecule has 0 unspecified atom stereocenters. The third kappa shape index (κ3) is 2.88. The van der Waals surface area contributed by atoms with Gasteiger partial charge in [0.2, 0.25) is 0 Å². The van der Waals surface area contributed by atoms with Crippen LogP contribution in [0.5, 0.6) is 0 Å². The standard InChI is InChI=1S/C19H14N4OS/c1-13-16(15-7-3-2-4-8-15)17-18(25-13)21-12-23(19(17)24)22-11-14-6-5-9-20-10-14/h2-12H,1H3. The molecule has 0 N–H and O–H groups in total. The van der Waals surface area contributed by atoms with Gasteiger partial charge in [0.25, 0.3) is 5.56 Å². The van der Waals surface area contributed by atoms with Gasteiger partial charge in [-0.05, 0) is 18.6 Å². The lowest BCUT2D eigenvalue weighted by atomic mass is 10.0. The highest BCUT2D eigenvalue weighted by Crippen LogP contribution is 2.35. The topological polar surface area (TPSA) is 60.1 Å². The predicted octanol–water partition coefficient (Wildman–Crippen LogP) is 3.71. The molecule has 4 rings (SSSR count). The maximum Gasteiger partial charge on any atom is 0.283 e. The van der Waals surface area contributed by atoms with Gasteiger partial charge in [0.1, 0.15) is 11.2 Å². The van der Waals surface area contributed by atoms with Crippen LogP contribution in [0.15, 0.2) is 71.1 Å². The monoisotopic (exact) mass is 346 g/mol. The predicted molar refractivity (Wildman–Crippen MR) is 101 cm³/mol. The summed E-state index contributed by atoms with van der Waals surface area (Å²) in [5.74, 6) is 0. The van der Waals surface area contributed by atoms with Crippen molar-refractivity contribution in [3.8, 4) is 11.1 Å². The summed E-state index contributed by atoms with van der Waals surface area (Å²) in [6.45, 7) is 2.01. The molecule has 0 aliphatic carbocycles. The van der Waals surface area contributed by atoms with Crippen molar-refractivity contribution in [2.24, 2.45) is 5.10 Å². The first-order chi connectivity index (χ1) is 12.2. The molecule has 3 heterocycles. The van der Waals surface area contributed by atoms with Crippen molar-refractivity contribution in [3.05, 3.63) is 82.0 Å². The van der Waals surface area contributed by atoms with Crippen LogP contribution in [-0.2, 0) is 0 Å². The van der Waals surface area contributed by atoms with Crippen LogP contribution in [0, 0.1) is 6.92 Å². The Morgan fingerprint density at radius 3 is 2.76 bits per heavy atom. The highest BCUT2D eigenvalue weighted by atomic mass is 32.1. The molecule has 0 atom stereocenters. The Balaban J connectivity index is 1.88. The van der Waals surface area contributed by atoms with Gasteiger partial charge in [0.05, 0.1) is 11.6 Å². The molecule has 0 aliphatic rings. The van der Waals surface area contributed by atoms with Crippen LogP contribution in [0.25, 0.3) is 21.3 Å². The molecule has 0 bridgehead atoms. The molecule has 6 heteroatoms. The molecule has 0 fully saturated rings. The van der Waals surface area contributed by atoms with E-state index in [-0.39, 0.29) is 5.56 Å². The van der Waals surface area contributed by atoms with E-state index in [1.807, 2.05) is 49.4 Å². The smallest absolute Gasteiger partial charge is 0.267 e. The van der Waals surface area contributed by atoms with Gasteiger partial charge in [-0.1, -0.05) is 36.4 Å². The van der Waals surface area contributed by atoms with Gasteiger partial charge in [-0.2, -0.15) is 9.78 Å². The van der Waals surface area contributed by atoms with Gasteiger partial charge < -0.3 is 0 Å². The molecule has 25 heavy (non-hydrogen) atoms. The highest BCUT2D eigenvalue weighted by molar-refractivity contribution is 7.19. The number of aromatic nitrogens is 3. The largest absolute Gasteiger partial charge is 0.283 e. The number of thiophene rings is 1. The van der Waals surface area contributed by atoms with E-state index in [0.29, 0.717) is 5.39 Å². The molecule has 4 aromatic rings. The van der Waals surface area contributed by atoms with Gasteiger partial charge in [0, 0.05) is 28.4 Å². The minimum absolute atomic E-state index is 0.173. The number of hydrogen-bond donors (Lipinski definition) is 0. The Labute approximate surface area is 147 Å². The number of aryl methyl sites for hydroxylation is 1. The lowest BCUT2D eigenvalue weighted by Gasteiger charge is -2.02. The fourth-order valence-corrected chi connectivity index (χ4v) is 3.71. The van der Waals surface area contributed by atoms with Gasteiger partial charge in [-0.25, -0.2) is 4.98 Å². The van der Waals surface area contributed by atoms with Crippen molar-refractivity contribution in [1.29, 1.82) is 0 Å². The number of fused-ring (bicyclic) bond motifs is 1. The zero-order valence-corrected chi connectivity index (χ0v) is 14.3. The van der Waals surface area contributed by atoms with E-state index in [1.54, 1.807) is 18.6 Å². The highest BCUT2D eigenvalue weighted by Gasteiger charge is 2.16. The zero-order chi connectivity index (χ0) is 17.2. The van der Waals surface area contributed by atoms with E-state index in [4.69, 9.17) is 0 Å². The minimum Gasteiger partial charge on any atom is -0.267 e. The van der Waals surface area contributed by atoms with Crippen molar-refractivity contribution < 1.29 is 0 Å². The molecule has 0 radical (unpaired) electrons. The molecule has 0 saturated carbocycles. The molecule has 0 amide bonds. The van der Waals surface area contributed by atoms with Crippen LogP contribution in [0.1, 0.15) is 10.4 Å². The first kappa shape index (κ1) is 15.4. The van der Waals surface area contributed by atoms with Crippen LogP contribution in [-0.4, -0.2) is 20.9 Å². The summed E-state index contributed by atoms with van der Waals surface area (Å²) in [5, 5.41) is 4.86. The molecule has 122 valence electrons. The van der Waals surface area contributed by atoms with E-state index in [9.17, 15) is 4.79 Å².